The highest BCUT2D eigenvalue weighted by Gasteiger charge is 2.34. The average molecular weight is 616 g/mol. The molecule has 0 aliphatic carbocycles. The van der Waals surface area contributed by atoms with Crippen LogP contribution in [0.1, 0.15) is 37.5 Å². The van der Waals surface area contributed by atoms with Gasteiger partial charge < -0.3 is 10.2 Å². The first-order chi connectivity index (χ1) is 21.1. The molecule has 0 fully saturated rings. The van der Waals surface area contributed by atoms with Crippen molar-refractivity contribution in [1.29, 1.82) is 0 Å². The van der Waals surface area contributed by atoms with Crippen molar-refractivity contribution in [3.63, 3.8) is 0 Å². The first-order valence-corrected chi connectivity index (χ1v) is 16.1. The summed E-state index contributed by atoms with van der Waals surface area (Å²) in [5.74, 6) is -1.38. The van der Waals surface area contributed by atoms with Crippen molar-refractivity contribution in [2.24, 2.45) is 0 Å². The van der Waals surface area contributed by atoms with Gasteiger partial charge in [0.1, 0.15) is 18.4 Å². The Morgan fingerprint density at radius 2 is 1.34 bits per heavy atom. The van der Waals surface area contributed by atoms with Gasteiger partial charge in [-0.15, -0.1) is 0 Å². The molecule has 7 nitrogen and oxygen atoms in total. The molecule has 0 radical (unpaired) electrons. The average Bonchev–Trinajstić information content (AvgIpc) is 3.03. The van der Waals surface area contributed by atoms with Crippen molar-refractivity contribution in [1.82, 2.24) is 10.2 Å². The molecule has 230 valence electrons. The lowest BCUT2D eigenvalue weighted by Crippen LogP contribution is -2.54. The summed E-state index contributed by atoms with van der Waals surface area (Å²) >= 11 is 0. The zero-order valence-electron chi connectivity index (χ0n) is 25.2. The molecule has 4 aromatic rings. The molecule has 0 aliphatic heterocycles. The van der Waals surface area contributed by atoms with Gasteiger partial charge in [0.05, 0.1) is 10.6 Å². The van der Waals surface area contributed by atoms with Gasteiger partial charge in [0, 0.05) is 19.0 Å². The molecule has 44 heavy (non-hydrogen) atoms. The number of hydrogen-bond acceptors (Lipinski definition) is 4. The normalized spacial score (nSPS) is 12.0. The standard InChI is InChI=1S/C35H38FN3O4S/c1-4-27-17-21-31(22-18-27)39(44(42,43)32-13-9-6-10-14-32)25-34(40)38(24-29-15-19-30(36)20-16-29)33(35(41)37-26(2)3)23-28-11-7-5-8-12-28/h5-22,26,33H,4,23-25H2,1-3H3,(H,37,41). The van der Waals surface area contributed by atoms with Crippen LogP contribution in [0.15, 0.2) is 114 Å². The van der Waals surface area contributed by atoms with Crippen molar-refractivity contribution < 1.29 is 22.4 Å². The number of carbonyl (C=O) groups excluding carboxylic acids is 2. The number of sulfonamides is 1. The molecule has 2 amide bonds. The Kier molecular flexibility index (Phi) is 10.9. The van der Waals surface area contributed by atoms with Crippen molar-refractivity contribution in [2.75, 3.05) is 10.8 Å². The Morgan fingerprint density at radius 1 is 0.773 bits per heavy atom. The molecular weight excluding hydrogens is 577 g/mol. The summed E-state index contributed by atoms with van der Waals surface area (Å²) < 4.78 is 42.9. The Labute approximate surface area is 259 Å². The molecule has 0 saturated carbocycles. The number of hydrogen-bond donors (Lipinski definition) is 1. The van der Waals surface area contributed by atoms with E-state index in [0.717, 1.165) is 21.9 Å². The van der Waals surface area contributed by atoms with E-state index >= 15 is 0 Å². The number of halogens is 1. The van der Waals surface area contributed by atoms with E-state index in [1.807, 2.05) is 63.2 Å². The Morgan fingerprint density at radius 3 is 1.91 bits per heavy atom. The molecule has 1 unspecified atom stereocenters. The van der Waals surface area contributed by atoms with E-state index in [1.54, 1.807) is 42.5 Å². The van der Waals surface area contributed by atoms with Gasteiger partial charge in [0.2, 0.25) is 11.8 Å². The smallest absolute Gasteiger partial charge is 0.264 e. The molecule has 1 N–H and O–H groups in total. The zero-order chi connectivity index (χ0) is 31.7. The van der Waals surface area contributed by atoms with Crippen molar-refractivity contribution in [3.8, 4) is 0 Å². The van der Waals surface area contributed by atoms with E-state index in [4.69, 9.17) is 0 Å². The third kappa shape index (κ3) is 8.32. The molecule has 0 bridgehead atoms. The number of nitrogens with zero attached hydrogens (tertiary/aromatic N) is 2. The van der Waals surface area contributed by atoms with Gasteiger partial charge >= 0.3 is 0 Å². The lowest BCUT2D eigenvalue weighted by atomic mass is 10.0. The number of nitrogens with one attached hydrogen (secondary N) is 1. The monoisotopic (exact) mass is 615 g/mol. The number of carbonyl (C=O) groups is 2. The summed E-state index contributed by atoms with van der Waals surface area (Å²) in [6.07, 6.45) is 0.963. The Bertz CT molecular complexity index is 1630. The SMILES string of the molecule is CCc1ccc(N(CC(=O)N(Cc2ccc(F)cc2)C(Cc2ccccc2)C(=O)NC(C)C)S(=O)(=O)c2ccccc2)cc1. The maximum absolute atomic E-state index is 14.4. The van der Waals surface area contributed by atoms with E-state index < -0.39 is 34.3 Å². The fraction of sp³-hybridized carbons (Fsp3) is 0.257. The van der Waals surface area contributed by atoms with Crippen LogP contribution in [-0.2, 0) is 39.0 Å². The fourth-order valence-electron chi connectivity index (χ4n) is 4.87. The van der Waals surface area contributed by atoms with Gasteiger partial charge in [-0.1, -0.05) is 79.7 Å². The highest BCUT2D eigenvalue weighted by Crippen LogP contribution is 2.26. The van der Waals surface area contributed by atoms with Gasteiger partial charge in [0.15, 0.2) is 0 Å². The van der Waals surface area contributed by atoms with E-state index in [-0.39, 0.29) is 29.8 Å². The minimum absolute atomic E-state index is 0.0316. The summed E-state index contributed by atoms with van der Waals surface area (Å²) in [4.78, 5) is 29.5. The summed E-state index contributed by atoms with van der Waals surface area (Å²) in [5, 5.41) is 2.92. The van der Waals surface area contributed by atoms with Crippen LogP contribution >= 0.6 is 0 Å². The van der Waals surface area contributed by atoms with Crippen LogP contribution in [0.5, 0.6) is 0 Å². The molecular formula is C35H38FN3O4S. The molecule has 0 heterocycles. The van der Waals surface area contributed by atoms with Gasteiger partial charge in [0.25, 0.3) is 10.0 Å². The third-order valence-corrected chi connectivity index (χ3v) is 9.00. The molecule has 4 aromatic carbocycles. The topological polar surface area (TPSA) is 86.8 Å². The van der Waals surface area contributed by atoms with Crippen LogP contribution in [-0.4, -0.2) is 43.8 Å². The number of aryl methyl sites for hydroxylation is 1. The molecule has 4 rings (SSSR count). The molecule has 1 atom stereocenters. The first-order valence-electron chi connectivity index (χ1n) is 14.6. The quantitative estimate of drug-likeness (QED) is 0.208. The van der Waals surface area contributed by atoms with Crippen LogP contribution in [0.3, 0.4) is 0 Å². The number of amides is 2. The predicted molar refractivity (Wildman–Crippen MR) is 171 cm³/mol. The highest BCUT2D eigenvalue weighted by molar-refractivity contribution is 7.92. The molecule has 9 heteroatoms. The largest absolute Gasteiger partial charge is 0.352 e. The van der Waals surface area contributed by atoms with Crippen molar-refractivity contribution in [2.45, 2.75) is 57.1 Å². The summed E-state index contributed by atoms with van der Waals surface area (Å²) in [7, 11) is -4.17. The predicted octanol–water partition coefficient (Wildman–Crippen LogP) is 5.75. The molecule has 0 saturated heterocycles. The van der Waals surface area contributed by atoms with Gasteiger partial charge in [-0.05, 0) is 73.4 Å². The molecule has 0 aromatic heterocycles. The number of anilines is 1. The second-order valence-electron chi connectivity index (χ2n) is 10.9. The van der Waals surface area contributed by atoms with Gasteiger partial charge in [-0.2, -0.15) is 0 Å². The van der Waals surface area contributed by atoms with Crippen LogP contribution in [0, 0.1) is 5.82 Å². The highest BCUT2D eigenvalue weighted by atomic mass is 32.2. The lowest BCUT2D eigenvalue weighted by molar-refractivity contribution is -0.140. The van der Waals surface area contributed by atoms with Crippen LogP contribution in [0.25, 0.3) is 0 Å². The minimum atomic E-state index is -4.17. The fourth-order valence-corrected chi connectivity index (χ4v) is 6.30. The number of rotatable bonds is 13. The van der Waals surface area contributed by atoms with E-state index in [2.05, 4.69) is 5.32 Å². The second kappa shape index (κ2) is 14.8. The van der Waals surface area contributed by atoms with Gasteiger partial charge in [-0.25, -0.2) is 12.8 Å². The first kappa shape index (κ1) is 32.4. The van der Waals surface area contributed by atoms with E-state index in [9.17, 15) is 22.4 Å². The zero-order valence-corrected chi connectivity index (χ0v) is 26.0. The minimum Gasteiger partial charge on any atom is -0.352 e. The van der Waals surface area contributed by atoms with Crippen LogP contribution < -0.4 is 9.62 Å². The Hall–Kier alpha value is -4.50. The lowest BCUT2D eigenvalue weighted by Gasteiger charge is -2.34. The van der Waals surface area contributed by atoms with E-state index in [1.165, 1.54) is 29.2 Å². The van der Waals surface area contributed by atoms with Crippen molar-refractivity contribution in [3.05, 3.63) is 132 Å². The molecule has 0 aliphatic rings. The van der Waals surface area contributed by atoms with Crippen LogP contribution in [0.2, 0.25) is 0 Å². The van der Waals surface area contributed by atoms with Gasteiger partial charge in [-0.3, -0.25) is 13.9 Å². The summed E-state index contributed by atoms with van der Waals surface area (Å²) in [6.45, 7) is 5.08. The van der Waals surface area contributed by atoms with E-state index in [0.29, 0.717) is 11.3 Å². The maximum Gasteiger partial charge on any atom is 0.264 e. The van der Waals surface area contributed by atoms with Crippen molar-refractivity contribution >= 4 is 27.5 Å². The maximum atomic E-state index is 14.4. The van der Waals surface area contributed by atoms with Crippen LogP contribution in [0.4, 0.5) is 10.1 Å². The summed E-state index contributed by atoms with van der Waals surface area (Å²) in [6, 6.07) is 28.8. The molecule has 0 spiro atoms. The number of benzene rings is 4. The Balaban J connectivity index is 1.79. The third-order valence-electron chi connectivity index (χ3n) is 7.21. The summed E-state index contributed by atoms with van der Waals surface area (Å²) in [5.41, 5.74) is 2.77. The second-order valence-corrected chi connectivity index (χ2v) is 12.7.